The lowest BCUT2D eigenvalue weighted by molar-refractivity contribution is 0.317. The van der Waals surface area contributed by atoms with Gasteiger partial charge in [0.2, 0.25) is 0 Å². The Morgan fingerprint density at radius 3 is 2.82 bits per heavy atom. The third kappa shape index (κ3) is 1.29. The molecule has 1 aromatic heterocycles. The van der Waals surface area contributed by atoms with Gasteiger partial charge >= 0.3 is 0 Å². The fourth-order valence-corrected chi connectivity index (χ4v) is 1.44. The van der Waals surface area contributed by atoms with E-state index in [0.717, 1.165) is 5.56 Å². The van der Waals surface area contributed by atoms with Gasteiger partial charge in [0.15, 0.2) is 0 Å². The van der Waals surface area contributed by atoms with Gasteiger partial charge in [0, 0.05) is 6.20 Å². The van der Waals surface area contributed by atoms with Crippen molar-refractivity contribution in [2.24, 2.45) is 0 Å². The number of rotatable bonds is 1. The molecule has 0 amide bonds. The Morgan fingerprint density at radius 1 is 1.55 bits per heavy atom. The highest BCUT2D eigenvalue weighted by Crippen LogP contribution is 2.49. The molecule has 0 atom stereocenters. The summed E-state index contributed by atoms with van der Waals surface area (Å²) < 4.78 is 14.1. The van der Waals surface area contributed by atoms with Gasteiger partial charge in [0.25, 0.3) is 0 Å². The fraction of sp³-hybridized carbons (Fsp3) is 0.375. The van der Waals surface area contributed by atoms with Gasteiger partial charge in [-0.3, -0.25) is 0 Å². The van der Waals surface area contributed by atoms with Crippen molar-refractivity contribution in [3.63, 3.8) is 0 Å². The number of hydrogen-bond acceptors (Lipinski definition) is 1. The molecule has 0 radical (unpaired) electrons. The van der Waals surface area contributed by atoms with Crippen LogP contribution in [-0.4, -0.2) is 4.98 Å². The fourth-order valence-electron chi connectivity index (χ4n) is 1.08. The summed E-state index contributed by atoms with van der Waals surface area (Å²) in [5.74, 6) is 0. The van der Waals surface area contributed by atoms with Crippen molar-refractivity contribution in [1.82, 2.24) is 4.98 Å². The van der Waals surface area contributed by atoms with Crippen LogP contribution in [0.5, 0.6) is 0 Å². The number of hydrogen-bond donors (Lipinski definition) is 0. The molecule has 1 aliphatic rings. The molecule has 3 heteroatoms. The number of nitrogens with zero attached hydrogens (tertiary/aromatic N) is 1. The monoisotopic (exact) mass is 215 g/mol. The van der Waals surface area contributed by atoms with Crippen molar-refractivity contribution in [1.29, 1.82) is 0 Å². The van der Waals surface area contributed by atoms with Crippen molar-refractivity contribution >= 4 is 15.9 Å². The quantitative estimate of drug-likeness (QED) is 0.657. The third-order valence-corrected chi connectivity index (χ3v) is 2.37. The summed E-state index contributed by atoms with van der Waals surface area (Å²) in [6, 6.07) is 3.48. The molecule has 1 nitrogen and oxygen atoms in total. The first-order valence-corrected chi connectivity index (χ1v) is 4.31. The van der Waals surface area contributed by atoms with E-state index in [4.69, 9.17) is 0 Å². The lowest BCUT2D eigenvalue weighted by Crippen LogP contribution is -1.97. The van der Waals surface area contributed by atoms with Crippen LogP contribution < -0.4 is 0 Å². The Balaban J connectivity index is 2.38. The van der Waals surface area contributed by atoms with Gasteiger partial charge in [-0.25, -0.2) is 9.37 Å². The van der Waals surface area contributed by atoms with Crippen molar-refractivity contribution < 1.29 is 4.39 Å². The standard InChI is InChI=1S/C8H7BrFN/c9-7-5-6(1-4-11-7)8(10)2-3-8/h1,4-5H,2-3H2. The van der Waals surface area contributed by atoms with Crippen LogP contribution in [0, 0.1) is 0 Å². The summed E-state index contributed by atoms with van der Waals surface area (Å²) in [5.41, 5.74) is -0.287. The number of aromatic nitrogens is 1. The molecule has 0 bridgehead atoms. The van der Waals surface area contributed by atoms with Crippen LogP contribution in [0.25, 0.3) is 0 Å². The molecule has 1 saturated carbocycles. The molecule has 0 N–H and O–H groups in total. The van der Waals surface area contributed by atoms with Crippen LogP contribution in [0.3, 0.4) is 0 Å². The minimum Gasteiger partial charge on any atom is -0.249 e. The summed E-state index contributed by atoms with van der Waals surface area (Å²) in [7, 11) is 0. The van der Waals surface area contributed by atoms with E-state index in [9.17, 15) is 4.39 Å². The highest BCUT2D eigenvalue weighted by atomic mass is 79.9. The maximum Gasteiger partial charge on any atom is 0.136 e. The average Bonchev–Trinajstić information content (AvgIpc) is 2.70. The molecule has 0 unspecified atom stereocenters. The molecule has 0 spiro atoms. The molecular formula is C8H7BrFN. The third-order valence-electron chi connectivity index (χ3n) is 1.93. The zero-order valence-corrected chi connectivity index (χ0v) is 7.44. The largest absolute Gasteiger partial charge is 0.249 e. The lowest BCUT2D eigenvalue weighted by atomic mass is 10.1. The molecule has 58 valence electrons. The summed E-state index contributed by atoms with van der Waals surface area (Å²) in [6.45, 7) is 0. The van der Waals surface area contributed by atoms with E-state index in [1.54, 1.807) is 18.3 Å². The van der Waals surface area contributed by atoms with Gasteiger partial charge in [0.05, 0.1) is 0 Å². The van der Waals surface area contributed by atoms with Gasteiger partial charge in [0.1, 0.15) is 10.3 Å². The molecule has 0 aromatic carbocycles. The molecule has 0 aliphatic heterocycles. The zero-order chi connectivity index (χ0) is 7.90. The van der Waals surface area contributed by atoms with Crippen molar-refractivity contribution in [2.75, 3.05) is 0 Å². The predicted molar refractivity (Wildman–Crippen MR) is 44.0 cm³/mol. The second-order valence-electron chi connectivity index (χ2n) is 2.83. The Morgan fingerprint density at radius 2 is 2.27 bits per heavy atom. The molecule has 1 aliphatic carbocycles. The Bertz CT molecular complexity index is 283. The summed E-state index contributed by atoms with van der Waals surface area (Å²) in [6.07, 6.45) is 2.94. The van der Waals surface area contributed by atoms with Crippen LogP contribution in [-0.2, 0) is 5.67 Å². The highest BCUT2D eigenvalue weighted by molar-refractivity contribution is 9.10. The topological polar surface area (TPSA) is 12.9 Å². The zero-order valence-electron chi connectivity index (χ0n) is 5.85. The minimum atomic E-state index is -1.04. The average molecular weight is 216 g/mol. The van der Waals surface area contributed by atoms with Crippen molar-refractivity contribution in [3.8, 4) is 0 Å². The molecule has 2 rings (SSSR count). The van der Waals surface area contributed by atoms with Crippen LogP contribution in [0.15, 0.2) is 22.9 Å². The molecule has 0 saturated heterocycles. The smallest absolute Gasteiger partial charge is 0.136 e. The molecule has 1 aromatic rings. The van der Waals surface area contributed by atoms with Crippen LogP contribution in [0.4, 0.5) is 4.39 Å². The van der Waals surface area contributed by atoms with E-state index in [1.807, 2.05) is 0 Å². The van der Waals surface area contributed by atoms with E-state index in [2.05, 4.69) is 20.9 Å². The highest BCUT2D eigenvalue weighted by Gasteiger charge is 2.44. The Labute approximate surface area is 72.8 Å². The maximum atomic E-state index is 13.4. The number of pyridine rings is 1. The SMILES string of the molecule is FC1(c2ccnc(Br)c2)CC1. The molecule has 11 heavy (non-hydrogen) atoms. The Hall–Kier alpha value is -0.440. The normalized spacial score (nSPS) is 19.8. The first kappa shape index (κ1) is 7.22. The lowest BCUT2D eigenvalue weighted by Gasteiger charge is -2.03. The van der Waals surface area contributed by atoms with E-state index in [1.165, 1.54) is 0 Å². The van der Waals surface area contributed by atoms with Gasteiger partial charge < -0.3 is 0 Å². The van der Waals surface area contributed by atoms with Gasteiger partial charge in [-0.15, -0.1) is 0 Å². The van der Waals surface area contributed by atoms with Crippen molar-refractivity contribution in [2.45, 2.75) is 18.5 Å². The van der Waals surface area contributed by atoms with Gasteiger partial charge in [-0.2, -0.15) is 0 Å². The number of alkyl halides is 1. The molecule has 1 heterocycles. The number of halogens is 2. The molecule has 1 fully saturated rings. The second-order valence-corrected chi connectivity index (χ2v) is 3.65. The predicted octanol–water partition coefficient (Wildman–Crippen LogP) is 2.80. The van der Waals surface area contributed by atoms with E-state index < -0.39 is 5.67 Å². The summed E-state index contributed by atoms with van der Waals surface area (Å²) >= 11 is 3.20. The summed E-state index contributed by atoms with van der Waals surface area (Å²) in [5, 5.41) is 0. The van der Waals surface area contributed by atoms with Crippen LogP contribution >= 0.6 is 15.9 Å². The molecular weight excluding hydrogens is 209 g/mol. The summed E-state index contributed by atoms with van der Waals surface area (Å²) in [4.78, 5) is 3.93. The van der Waals surface area contributed by atoms with Crippen molar-refractivity contribution in [3.05, 3.63) is 28.5 Å². The Kier molecular flexibility index (Phi) is 1.49. The maximum absolute atomic E-state index is 13.4. The van der Waals surface area contributed by atoms with Crippen LogP contribution in [0.2, 0.25) is 0 Å². The first-order chi connectivity index (χ1) is 5.21. The van der Waals surface area contributed by atoms with E-state index in [-0.39, 0.29) is 0 Å². The van der Waals surface area contributed by atoms with Gasteiger partial charge in [-0.05, 0) is 46.5 Å². The van der Waals surface area contributed by atoms with Gasteiger partial charge in [-0.1, -0.05) is 0 Å². The van der Waals surface area contributed by atoms with Crippen LogP contribution in [0.1, 0.15) is 18.4 Å². The first-order valence-electron chi connectivity index (χ1n) is 3.52. The van der Waals surface area contributed by atoms with E-state index >= 15 is 0 Å². The second kappa shape index (κ2) is 2.27. The van der Waals surface area contributed by atoms with E-state index in [0.29, 0.717) is 17.4 Å². The minimum absolute atomic E-state index is 0.656.